The van der Waals surface area contributed by atoms with E-state index in [0.717, 1.165) is 0 Å². The summed E-state index contributed by atoms with van der Waals surface area (Å²) >= 11 is 5.66. The minimum atomic E-state index is -4.51. The number of amides is 1. The summed E-state index contributed by atoms with van der Waals surface area (Å²) in [6, 6.07) is 1.28. The number of carbonyl (C=O) groups is 1. The number of aryl methyl sites for hydroxylation is 1. The van der Waals surface area contributed by atoms with Gasteiger partial charge in [-0.2, -0.15) is 13.2 Å². The summed E-state index contributed by atoms with van der Waals surface area (Å²) in [5, 5.41) is 8.97. The zero-order chi connectivity index (χ0) is 13.9. The molecule has 0 aromatic carbocycles. The normalized spacial score (nSPS) is 11.7. The highest BCUT2D eigenvalue weighted by atomic mass is 35.5. The Bertz CT molecular complexity index is 431. The van der Waals surface area contributed by atoms with Crippen LogP contribution in [0.5, 0.6) is 0 Å². The Hall–Kier alpha value is -1.21. The maximum Gasteiger partial charge on any atom is 0.406 e. The van der Waals surface area contributed by atoms with Crippen molar-refractivity contribution in [2.24, 2.45) is 7.05 Å². The van der Waals surface area contributed by atoms with Crippen molar-refractivity contribution in [3.63, 3.8) is 0 Å². The zero-order valence-corrected chi connectivity index (χ0v) is 10.3. The predicted molar refractivity (Wildman–Crippen MR) is 59.5 cm³/mol. The number of aliphatic hydroxyl groups excluding tert-OH is 1. The maximum atomic E-state index is 12.3. The molecule has 0 saturated carbocycles. The molecule has 0 spiro atoms. The molecular weight excluding hydrogens is 273 g/mol. The van der Waals surface area contributed by atoms with Crippen LogP contribution in [-0.2, 0) is 7.05 Å². The number of nitrogens with zero attached hydrogens (tertiary/aromatic N) is 2. The van der Waals surface area contributed by atoms with E-state index in [1.54, 1.807) is 0 Å². The second kappa shape index (κ2) is 5.62. The number of hydrogen-bond acceptors (Lipinski definition) is 2. The standard InChI is InChI=1S/C10H12ClF3N2O2/c1-15-5-7(11)4-8(15)9(18)16(2-3-17)6-10(12,13)14/h4-5,17H,2-3,6H2,1H3. The molecule has 0 atom stereocenters. The number of aromatic nitrogens is 1. The van der Waals surface area contributed by atoms with Crippen LogP contribution in [0.2, 0.25) is 5.02 Å². The van der Waals surface area contributed by atoms with Gasteiger partial charge in [-0.1, -0.05) is 11.6 Å². The number of aliphatic hydroxyl groups is 1. The third kappa shape index (κ3) is 3.92. The van der Waals surface area contributed by atoms with Gasteiger partial charge >= 0.3 is 6.18 Å². The lowest BCUT2D eigenvalue weighted by Gasteiger charge is -2.23. The van der Waals surface area contributed by atoms with Crippen LogP contribution in [0.15, 0.2) is 12.3 Å². The van der Waals surface area contributed by atoms with E-state index in [-0.39, 0.29) is 17.3 Å². The van der Waals surface area contributed by atoms with Crippen molar-refractivity contribution in [2.75, 3.05) is 19.7 Å². The van der Waals surface area contributed by atoms with E-state index in [4.69, 9.17) is 16.7 Å². The summed E-state index contributed by atoms with van der Waals surface area (Å²) in [5.74, 6) is -0.823. The molecule has 0 saturated heterocycles. The first-order valence-corrected chi connectivity index (χ1v) is 5.41. The quantitative estimate of drug-likeness (QED) is 0.914. The summed E-state index contributed by atoms with van der Waals surface area (Å²) in [5.41, 5.74) is 0.0395. The molecule has 0 radical (unpaired) electrons. The summed E-state index contributed by atoms with van der Waals surface area (Å²) in [6.07, 6.45) is -3.10. The Kier molecular flexibility index (Phi) is 4.64. The van der Waals surface area contributed by atoms with Crippen LogP contribution >= 0.6 is 11.6 Å². The first-order chi connectivity index (χ1) is 8.24. The Morgan fingerprint density at radius 2 is 2.17 bits per heavy atom. The molecule has 0 bridgehead atoms. The van der Waals surface area contributed by atoms with Crippen molar-refractivity contribution in [3.8, 4) is 0 Å². The lowest BCUT2D eigenvalue weighted by atomic mass is 10.3. The Labute approximate surface area is 107 Å². The van der Waals surface area contributed by atoms with Crippen LogP contribution in [0, 0.1) is 0 Å². The molecule has 1 rings (SSSR count). The molecule has 4 nitrogen and oxygen atoms in total. The molecule has 102 valence electrons. The molecule has 8 heteroatoms. The van der Waals surface area contributed by atoms with E-state index in [0.29, 0.717) is 4.90 Å². The van der Waals surface area contributed by atoms with Gasteiger partial charge in [-0.15, -0.1) is 0 Å². The molecule has 1 N–H and O–H groups in total. The van der Waals surface area contributed by atoms with Crippen LogP contribution in [0.1, 0.15) is 10.5 Å². The Balaban J connectivity index is 2.92. The molecule has 0 aliphatic heterocycles. The fourth-order valence-corrected chi connectivity index (χ4v) is 1.74. The molecule has 18 heavy (non-hydrogen) atoms. The molecule has 1 amide bonds. The number of carbonyl (C=O) groups excluding carboxylic acids is 1. The lowest BCUT2D eigenvalue weighted by Crippen LogP contribution is -2.41. The highest BCUT2D eigenvalue weighted by Crippen LogP contribution is 2.19. The minimum absolute atomic E-state index is 0.0395. The largest absolute Gasteiger partial charge is 0.406 e. The van der Waals surface area contributed by atoms with Gasteiger partial charge in [0.25, 0.3) is 5.91 Å². The van der Waals surface area contributed by atoms with E-state index in [1.807, 2.05) is 0 Å². The Morgan fingerprint density at radius 3 is 2.56 bits per heavy atom. The van der Waals surface area contributed by atoms with E-state index in [9.17, 15) is 18.0 Å². The van der Waals surface area contributed by atoms with E-state index in [1.165, 1.54) is 23.9 Å². The second-order valence-electron chi connectivity index (χ2n) is 3.72. The fourth-order valence-electron chi connectivity index (χ4n) is 1.49. The van der Waals surface area contributed by atoms with Crippen molar-refractivity contribution in [1.82, 2.24) is 9.47 Å². The van der Waals surface area contributed by atoms with Gasteiger partial charge in [0.2, 0.25) is 0 Å². The molecule has 0 aliphatic carbocycles. The first kappa shape index (κ1) is 14.8. The van der Waals surface area contributed by atoms with Crippen molar-refractivity contribution >= 4 is 17.5 Å². The van der Waals surface area contributed by atoms with Crippen LogP contribution in [0.25, 0.3) is 0 Å². The molecule has 1 aromatic heterocycles. The lowest BCUT2D eigenvalue weighted by molar-refractivity contribution is -0.141. The maximum absolute atomic E-state index is 12.3. The average molecular weight is 285 g/mol. The number of halogens is 4. The van der Waals surface area contributed by atoms with Gasteiger partial charge in [-0.3, -0.25) is 4.79 Å². The van der Waals surface area contributed by atoms with Crippen molar-refractivity contribution in [3.05, 3.63) is 23.0 Å². The smallest absolute Gasteiger partial charge is 0.395 e. The van der Waals surface area contributed by atoms with Crippen molar-refractivity contribution < 1.29 is 23.1 Å². The van der Waals surface area contributed by atoms with Gasteiger partial charge in [-0.05, 0) is 6.07 Å². The van der Waals surface area contributed by atoms with Crippen LogP contribution in [-0.4, -0.2) is 46.4 Å². The van der Waals surface area contributed by atoms with Gasteiger partial charge in [-0.25, -0.2) is 0 Å². The monoisotopic (exact) mass is 284 g/mol. The Morgan fingerprint density at radius 1 is 1.56 bits per heavy atom. The van der Waals surface area contributed by atoms with Gasteiger partial charge < -0.3 is 14.6 Å². The highest BCUT2D eigenvalue weighted by molar-refractivity contribution is 6.31. The molecule has 0 unspecified atom stereocenters. The van der Waals surface area contributed by atoms with E-state index < -0.39 is 25.2 Å². The van der Waals surface area contributed by atoms with E-state index in [2.05, 4.69) is 0 Å². The molecule has 1 aromatic rings. The first-order valence-electron chi connectivity index (χ1n) is 5.03. The van der Waals surface area contributed by atoms with Crippen LogP contribution < -0.4 is 0 Å². The minimum Gasteiger partial charge on any atom is -0.395 e. The summed E-state index contributed by atoms with van der Waals surface area (Å²) in [4.78, 5) is 12.4. The number of rotatable bonds is 4. The van der Waals surface area contributed by atoms with Gasteiger partial charge in [0.05, 0.1) is 11.6 Å². The topological polar surface area (TPSA) is 45.5 Å². The zero-order valence-electron chi connectivity index (χ0n) is 9.54. The highest BCUT2D eigenvalue weighted by Gasteiger charge is 2.33. The molecule has 1 heterocycles. The van der Waals surface area contributed by atoms with Gasteiger partial charge in [0.1, 0.15) is 12.2 Å². The molecule has 0 fully saturated rings. The van der Waals surface area contributed by atoms with Gasteiger partial charge in [0.15, 0.2) is 0 Å². The van der Waals surface area contributed by atoms with Crippen LogP contribution in [0.3, 0.4) is 0 Å². The number of alkyl halides is 3. The summed E-state index contributed by atoms with van der Waals surface area (Å²) in [6.45, 7) is -2.34. The van der Waals surface area contributed by atoms with Crippen molar-refractivity contribution in [2.45, 2.75) is 6.18 Å². The van der Waals surface area contributed by atoms with E-state index >= 15 is 0 Å². The third-order valence-electron chi connectivity index (χ3n) is 2.22. The predicted octanol–water partition coefficient (Wildman–Crippen LogP) is 1.68. The van der Waals surface area contributed by atoms with Crippen LogP contribution in [0.4, 0.5) is 13.2 Å². The molecular formula is C10H12ClF3N2O2. The fraction of sp³-hybridized carbons (Fsp3) is 0.500. The SMILES string of the molecule is Cn1cc(Cl)cc1C(=O)N(CCO)CC(F)(F)F. The summed E-state index contributed by atoms with van der Waals surface area (Å²) in [7, 11) is 1.50. The van der Waals surface area contributed by atoms with Crippen molar-refractivity contribution in [1.29, 1.82) is 0 Å². The van der Waals surface area contributed by atoms with Gasteiger partial charge in [0, 0.05) is 19.8 Å². The number of hydrogen-bond donors (Lipinski definition) is 1. The summed E-state index contributed by atoms with van der Waals surface area (Å²) < 4.78 is 38.2. The average Bonchev–Trinajstić information content (AvgIpc) is 2.54. The second-order valence-corrected chi connectivity index (χ2v) is 4.16. The molecule has 0 aliphatic rings. The third-order valence-corrected chi connectivity index (χ3v) is 2.42.